The molecule has 6 nitrogen and oxygen atoms in total. The molecule has 20 heavy (non-hydrogen) atoms. The molecule has 1 aromatic rings. The van der Waals surface area contributed by atoms with Crippen molar-refractivity contribution < 1.29 is 9.53 Å². The average Bonchev–Trinajstić information content (AvgIpc) is 2.86. The second-order valence-corrected chi connectivity index (χ2v) is 4.46. The molecule has 0 saturated carbocycles. The molecule has 2 rings (SSSR count). The van der Waals surface area contributed by atoms with E-state index in [9.17, 15) is 4.79 Å². The summed E-state index contributed by atoms with van der Waals surface area (Å²) in [6.07, 6.45) is 3.20. The lowest BCUT2D eigenvalue weighted by Gasteiger charge is -2.07. The van der Waals surface area contributed by atoms with Gasteiger partial charge in [-0.05, 0) is 30.5 Å². The summed E-state index contributed by atoms with van der Waals surface area (Å²) in [4.78, 5) is 10.9. The largest absolute Gasteiger partial charge is 0.447 e. The summed E-state index contributed by atoms with van der Waals surface area (Å²) in [6, 6.07) is 9.92. The minimum atomic E-state index is -0.347. The Hall–Kier alpha value is -2.55. The van der Waals surface area contributed by atoms with E-state index in [0.717, 1.165) is 17.7 Å². The number of rotatable bonds is 6. The van der Waals surface area contributed by atoms with Crippen molar-refractivity contribution in [1.29, 1.82) is 5.26 Å². The molecule has 1 fully saturated rings. The Morgan fingerprint density at radius 3 is 2.95 bits per heavy atom. The van der Waals surface area contributed by atoms with Crippen LogP contribution in [0.2, 0.25) is 0 Å². The highest BCUT2D eigenvalue weighted by Gasteiger charge is 2.21. The molecule has 0 radical (unpaired) electrons. The number of cyclic esters (lactones) is 1. The molecule has 1 amide bonds. The lowest BCUT2D eigenvalue weighted by atomic mass is 10.1. The van der Waals surface area contributed by atoms with E-state index in [0.29, 0.717) is 19.4 Å². The predicted molar refractivity (Wildman–Crippen MR) is 75.4 cm³/mol. The lowest BCUT2D eigenvalue weighted by molar-refractivity contribution is 0.177. The molecule has 0 spiro atoms. The molecule has 0 unspecified atom stereocenters. The Kier molecular flexibility index (Phi) is 4.95. The van der Waals surface area contributed by atoms with Gasteiger partial charge in [0, 0.05) is 12.6 Å². The molecule has 6 heteroatoms. The van der Waals surface area contributed by atoms with Crippen LogP contribution in [-0.4, -0.2) is 25.0 Å². The van der Waals surface area contributed by atoms with E-state index in [2.05, 4.69) is 21.9 Å². The van der Waals surface area contributed by atoms with Crippen LogP contribution in [0.15, 0.2) is 29.4 Å². The summed E-state index contributed by atoms with van der Waals surface area (Å²) >= 11 is 0. The van der Waals surface area contributed by atoms with Gasteiger partial charge in [0.25, 0.3) is 0 Å². The van der Waals surface area contributed by atoms with Gasteiger partial charge in [-0.15, -0.1) is 0 Å². The van der Waals surface area contributed by atoms with E-state index in [1.165, 1.54) is 0 Å². The standard InChI is InChI=1S/C14H16N4O2/c15-7-1-2-8-16-18-12-5-3-11(4-6-12)9-13-10-20-14(19)17-13/h3-6,8,13,18H,1-2,9-10H2,(H,17,19)/b16-8+/t13-/m0/s1. The Labute approximate surface area is 117 Å². The number of amides is 1. The third-order valence-corrected chi connectivity index (χ3v) is 2.84. The zero-order valence-corrected chi connectivity index (χ0v) is 11.0. The Morgan fingerprint density at radius 1 is 1.50 bits per heavy atom. The van der Waals surface area contributed by atoms with E-state index in [4.69, 9.17) is 10.00 Å². The minimum absolute atomic E-state index is 0.0466. The number of nitriles is 1. The zero-order valence-electron chi connectivity index (χ0n) is 11.0. The van der Waals surface area contributed by atoms with Gasteiger partial charge in [0.1, 0.15) is 6.61 Å². The van der Waals surface area contributed by atoms with Crippen LogP contribution in [0.25, 0.3) is 0 Å². The summed E-state index contributed by atoms with van der Waals surface area (Å²) in [6.45, 7) is 0.419. The highest BCUT2D eigenvalue weighted by molar-refractivity contribution is 5.69. The molecule has 0 aromatic heterocycles. The van der Waals surface area contributed by atoms with Crippen molar-refractivity contribution in [1.82, 2.24) is 5.32 Å². The summed E-state index contributed by atoms with van der Waals surface area (Å²) in [5, 5.41) is 15.1. The van der Waals surface area contributed by atoms with Crippen LogP contribution >= 0.6 is 0 Å². The van der Waals surface area contributed by atoms with E-state index in [1.54, 1.807) is 6.21 Å². The van der Waals surface area contributed by atoms with Crippen molar-refractivity contribution in [2.75, 3.05) is 12.0 Å². The maximum absolute atomic E-state index is 10.9. The summed E-state index contributed by atoms with van der Waals surface area (Å²) in [5.74, 6) is 0. The number of hydrogen-bond acceptors (Lipinski definition) is 5. The van der Waals surface area contributed by atoms with Crippen LogP contribution in [0, 0.1) is 11.3 Å². The van der Waals surface area contributed by atoms with Crippen LogP contribution in [0.3, 0.4) is 0 Å². The van der Waals surface area contributed by atoms with Gasteiger partial charge in [-0.1, -0.05) is 12.1 Å². The van der Waals surface area contributed by atoms with Crippen LogP contribution in [-0.2, 0) is 11.2 Å². The van der Waals surface area contributed by atoms with Crippen molar-refractivity contribution in [3.8, 4) is 6.07 Å². The molecule has 1 aliphatic rings. The maximum Gasteiger partial charge on any atom is 0.407 e. The van der Waals surface area contributed by atoms with Crippen molar-refractivity contribution >= 4 is 18.0 Å². The first-order valence-corrected chi connectivity index (χ1v) is 6.44. The van der Waals surface area contributed by atoms with E-state index in [1.807, 2.05) is 24.3 Å². The highest BCUT2D eigenvalue weighted by Crippen LogP contribution is 2.12. The normalized spacial score (nSPS) is 17.6. The van der Waals surface area contributed by atoms with Crippen molar-refractivity contribution in [2.45, 2.75) is 25.3 Å². The first-order valence-electron chi connectivity index (χ1n) is 6.44. The number of hydrazone groups is 1. The number of benzene rings is 1. The van der Waals surface area contributed by atoms with Gasteiger partial charge in [0.2, 0.25) is 0 Å². The average molecular weight is 272 g/mol. The maximum atomic E-state index is 10.9. The number of anilines is 1. The third-order valence-electron chi connectivity index (χ3n) is 2.84. The van der Waals surface area contributed by atoms with Crippen molar-refractivity contribution in [2.24, 2.45) is 5.10 Å². The fourth-order valence-corrected chi connectivity index (χ4v) is 1.85. The van der Waals surface area contributed by atoms with Crippen LogP contribution in [0.5, 0.6) is 0 Å². The Balaban J connectivity index is 1.79. The number of nitrogens with zero attached hydrogens (tertiary/aromatic N) is 2. The van der Waals surface area contributed by atoms with E-state index in [-0.39, 0.29) is 12.1 Å². The van der Waals surface area contributed by atoms with Crippen LogP contribution < -0.4 is 10.7 Å². The summed E-state index contributed by atoms with van der Waals surface area (Å²) in [7, 11) is 0. The molecule has 1 aliphatic heterocycles. The van der Waals surface area contributed by atoms with Gasteiger partial charge < -0.3 is 10.1 Å². The Morgan fingerprint density at radius 2 is 2.30 bits per heavy atom. The summed E-state index contributed by atoms with van der Waals surface area (Å²) < 4.78 is 4.84. The molecule has 2 N–H and O–H groups in total. The van der Waals surface area contributed by atoms with E-state index < -0.39 is 0 Å². The lowest BCUT2D eigenvalue weighted by Crippen LogP contribution is -2.28. The van der Waals surface area contributed by atoms with E-state index >= 15 is 0 Å². The molecule has 1 atom stereocenters. The van der Waals surface area contributed by atoms with Gasteiger partial charge >= 0.3 is 6.09 Å². The number of unbranched alkanes of at least 4 members (excludes halogenated alkanes) is 1. The second-order valence-electron chi connectivity index (χ2n) is 4.46. The minimum Gasteiger partial charge on any atom is -0.447 e. The molecule has 0 bridgehead atoms. The fourth-order valence-electron chi connectivity index (χ4n) is 1.85. The molecular formula is C14H16N4O2. The SMILES string of the molecule is N#CCC/C=N/Nc1ccc(C[C@H]2COC(=O)N2)cc1. The fraction of sp³-hybridized carbons (Fsp3) is 0.357. The monoisotopic (exact) mass is 272 g/mol. The summed E-state index contributed by atoms with van der Waals surface area (Å²) in [5.41, 5.74) is 4.90. The number of alkyl carbamates (subject to hydrolysis) is 1. The molecule has 1 heterocycles. The van der Waals surface area contributed by atoms with Crippen LogP contribution in [0.4, 0.5) is 10.5 Å². The molecule has 1 aromatic carbocycles. The Bertz CT molecular complexity index is 519. The van der Waals surface area contributed by atoms with Gasteiger partial charge in [0.15, 0.2) is 0 Å². The van der Waals surface area contributed by atoms with Gasteiger partial charge in [-0.3, -0.25) is 5.43 Å². The van der Waals surface area contributed by atoms with Gasteiger partial charge in [-0.25, -0.2) is 4.79 Å². The smallest absolute Gasteiger partial charge is 0.407 e. The van der Waals surface area contributed by atoms with Crippen molar-refractivity contribution in [3.05, 3.63) is 29.8 Å². The zero-order chi connectivity index (χ0) is 14.2. The predicted octanol–water partition coefficient (Wildman–Crippen LogP) is 2.04. The number of carbonyl (C=O) groups is 1. The molecule has 0 aliphatic carbocycles. The number of carbonyl (C=O) groups excluding carboxylic acids is 1. The first-order chi connectivity index (χ1) is 9.78. The molecular weight excluding hydrogens is 256 g/mol. The first kappa shape index (κ1) is 13.9. The molecule has 1 saturated heterocycles. The highest BCUT2D eigenvalue weighted by atomic mass is 16.6. The number of hydrogen-bond donors (Lipinski definition) is 2. The number of ether oxygens (including phenoxy) is 1. The van der Waals surface area contributed by atoms with Crippen LogP contribution in [0.1, 0.15) is 18.4 Å². The second kappa shape index (κ2) is 7.14. The topological polar surface area (TPSA) is 86.5 Å². The number of nitrogens with one attached hydrogen (secondary N) is 2. The van der Waals surface area contributed by atoms with Crippen molar-refractivity contribution in [3.63, 3.8) is 0 Å². The molecule has 104 valence electrons. The quantitative estimate of drug-likeness (QED) is 0.471. The van der Waals surface area contributed by atoms with Gasteiger partial charge in [0.05, 0.1) is 17.8 Å². The third kappa shape index (κ3) is 4.28. The van der Waals surface area contributed by atoms with Gasteiger partial charge in [-0.2, -0.15) is 10.4 Å².